The minimum absolute atomic E-state index is 0.423. The molecule has 1 aromatic rings. The van der Waals surface area contributed by atoms with Gasteiger partial charge in [0.2, 0.25) is 0 Å². The Kier molecular flexibility index (Phi) is 6.38. The number of halogens is 1. The maximum atomic E-state index is 6.12. The molecule has 1 fully saturated rings. The van der Waals surface area contributed by atoms with Gasteiger partial charge in [-0.05, 0) is 49.8 Å². The number of hydrogen-bond donors (Lipinski definition) is 1. The molecule has 2 rings (SSSR count). The van der Waals surface area contributed by atoms with Crippen LogP contribution in [-0.2, 0) is 0 Å². The third kappa shape index (κ3) is 4.49. The van der Waals surface area contributed by atoms with Gasteiger partial charge in [-0.3, -0.25) is 0 Å². The molecule has 0 heterocycles. The molecule has 0 bridgehead atoms. The Morgan fingerprint density at radius 1 is 1.20 bits per heavy atom. The molecule has 0 amide bonds. The SMILES string of the molecule is CCC(N[C@H](C)C1CCCCCC1)c1cccc(Cl)c1. The standard InChI is InChI=1S/C18H28ClN/c1-3-18(16-11-8-12-17(19)13-16)20-14(2)15-9-6-4-5-7-10-15/h8,11-15,18,20H,3-7,9-10H2,1-2H3/t14-,18?/m1/s1. The third-order valence-corrected chi connectivity index (χ3v) is 4.97. The van der Waals surface area contributed by atoms with Gasteiger partial charge in [0.25, 0.3) is 0 Å². The first-order chi connectivity index (χ1) is 9.70. The minimum atomic E-state index is 0.423. The molecule has 1 aliphatic rings. The van der Waals surface area contributed by atoms with Gasteiger partial charge in [-0.15, -0.1) is 0 Å². The van der Waals surface area contributed by atoms with E-state index in [1.165, 1.54) is 44.1 Å². The van der Waals surface area contributed by atoms with E-state index in [4.69, 9.17) is 11.6 Å². The molecular formula is C18H28ClN. The van der Waals surface area contributed by atoms with Gasteiger partial charge < -0.3 is 5.32 Å². The van der Waals surface area contributed by atoms with E-state index in [0.29, 0.717) is 12.1 Å². The number of hydrogen-bond acceptors (Lipinski definition) is 1. The van der Waals surface area contributed by atoms with Crippen molar-refractivity contribution >= 4 is 11.6 Å². The average molecular weight is 294 g/mol. The van der Waals surface area contributed by atoms with Crippen molar-refractivity contribution in [2.45, 2.75) is 70.9 Å². The van der Waals surface area contributed by atoms with Gasteiger partial charge in [0.15, 0.2) is 0 Å². The van der Waals surface area contributed by atoms with Gasteiger partial charge >= 0.3 is 0 Å². The smallest absolute Gasteiger partial charge is 0.0409 e. The Labute approximate surface area is 129 Å². The molecule has 1 unspecified atom stereocenters. The summed E-state index contributed by atoms with van der Waals surface area (Å²) in [5, 5.41) is 4.69. The fraction of sp³-hybridized carbons (Fsp3) is 0.667. The predicted octanol–water partition coefficient (Wildman–Crippen LogP) is 5.74. The van der Waals surface area contributed by atoms with Crippen LogP contribution < -0.4 is 5.32 Å². The molecule has 0 aliphatic heterocycles. The van der Waals surface area contributed by atoms with Crippen LogP contribution in [0.2, 0.25) is 5.02 Å². The molecule has 1 N–H and O–H groups in total. The van der Waals surface area contributed by atoms with Gasteiger partial charge in [0.1, 0.15) is 0 Å². The molecule has 1 saturated carbocycles. The largest absolute Gasteiger partial charge is 0.307 e. The fourth-order valence-corrected chi connectivity index (χ4v) is 3.64. The third-order valence-electron chi connectivity index (χ3n) is 4.73. The maximum absolute atomic E-state index is 6.12. The van der Waals surface area contributed by atoms with E-state index in [-0.39, 0.29) is 0 Å². The molecule has 0 spiro atoms. The summed E-state index contributed by atoms with van der Waals surface area (Å²) in [6.07, 6.45) is 9.55. The molecule has 1 aromatic carbocycles. The van der Waals surface area contributed by atoms with Crippen LogP contribution in [-0.4, -0.2) is 6.04 Å². The molecular weight excluding hydrogens is 266 g/mol. The molecule has 20 heavy (non-hydrogen) atoms. The summed E-state index contributed by atoms with van der Waals surface area (Å²) in [6, 6.07) is 9.31. The van der Waals surface area contributed by atoms with Crippen molar-refractivity contribution in [3.63, 3.8) is 0 Å². The van der Waals surface area contributed by atoms with Gasteiger partial charge in [0.05, 0.1) is 0 Å². The quantitative estimate of drug-likeness (QED) is 0.683. The molecule has 0 aromatic heterocycles. The van der Waals surface area contributed by atoms with E-state index in [9.17, 15) is 0 Å². The van der Waals surface area contributed by atoms with Crippen LogP contribution in [0.15, 0.2) is 24.3 Å². The van der Waals surface area contributed by atoms with Crippen molar-refractivity contribution in [3.05, 3.63) is 34.9 Å². The van der Waals surface area contributed by atoms with E-state index in [2.05, 4.69) is 37.4 Å². The van der Waals surface area contributed by atoms with Crippen LogP contribution in [0, 0.1) is 5.92 Å². The lowest BCUT2D eigenvalue weighted by atomic mass is 9.91. The molecule has 0 saturated heterocycles. The summed E-state index contributed by atoms with van der Waals surface area (Å²) in [6.45, 7) is 4.61. The predicted molar refractivity (Wildman–Crippen MR) is 88.3 cm³/mol. The summed E-state index contributed by atoms with van der Waals surface area (Å²) < 4.78 is 0. The van der Waals surface area contributed by atoms with E-state index < -0.39 is 0 Å². The lowest BCUT2D eigenvalue weighted by Crippen LogP contribution is -2.36. The lowest BCUT2D eigenvalue weighted by Gasteiger charge is -2.29. The zero-order valence-electron chi connectivity index (χ0n) is 12.9. The van der Waals surface area contributed by atoms with Crippen LogP contribution >= 0.6 is 11.6 Å². The Morgan fingerprint density at radius 3 is 2.50 bits per heavy atom. The first-order valence-electron chi connectivity index (χ1n) is 8.22. The summed E-state index contributed by atoms with van der Waals surface area (Å²) in [5.41, 5.74) is 1.32. The van der Waals surface area contributed by atoms with Crippen molar-refractivity contribution in [1.29, 1.82) is 0 Å². The zero-order chi connectivity index (χ0) is 14.4. The van der Waals surface area contributed by atoms with Crippen LogP contribution in [0.3, 0.4) is 0 Å². The molecule has 1 aliphatic carbocycles. The van der Waals surface area contributed by atoms with Crippen molar-refractivity contribution in [2.24, 2.45) is 5.92 Å². The highest BCUT2D eigenvalue weighted by Crippen LogP contribution is 2.28. The molecule has 0 radical (unpaired) electrons. The number of rotatable bonds is 5. The second-order valence-corrected chi connectivity index (χ2v) is 6.66. The molecule has 112 valence electrons. The highest BCUT2D eigenvalue weighted by Gasteiger charge is 2.21. The molecule has 2 atom stereocenters. The highest BCUT2D eigenvalue weighted by atomic mass is 35.5. The van der Waals surface area contributed by atoms with Crippen LogP contribution in [0.25, 0.3) is 0 Å². The lowest BCUT2D eigenvalue weighted by molar-refractivity contribution is 0.306. The second-order valence-electron chi connectivity index (χ2n) is 6.22. The molecule has 2 heteroatoms. The highest BCUT2D eigenvalue weighted by molar-refractivity contribution is 6.30. The van der Waals surface area contributed by atoms with Gasteiger partial charge in [-0.1, -0.05) is 56.3 Å². The summed E-state index contributed by atoms with van der Waals surface area (Å²) in [4.78, 5) is 0. The fourth-order valence-electron chi connectivity index (χ4n) is 3.44. The van der Waals surface area contributed by atoms with Gasteiger partial charge in [-0.2, -0.15) is 0 Å². The molecule has 1 nitrogen and oxygen atoms in total. The van der Waals surface area contributed by atoms with E-state index in [0.717, 1.165) is 17.4 Å². The topological polar surface area (TPSA) is 12.0 Å². The second kappa shape index (κ2) is 8.05. The summed E-state index contributed by atoms with van der Waals surface area (Å²) in [7, 11) is 0. The first-order valence-corrected chi connectivity index (χ1v) is 8.60. The number of benzene rings is 1. The van der Waals surface area contributed by atoms with Crippen LogP contribution in [0.5, 0.6) is 0 Å². The van der Waals surface area contributed by atoms with E-state index in [1.807, 2.05) is 6.07 Å². The van der Waals surface area contributed by atoms with Crippen molar-refractivity contribution < 1.29 is 0 Å². The minimum Gasteiger partial charge on any atom is -0.307 e. The van der Waals surface area contributed by atoms with E-state index in [1.54, 1.807) is 0 Å². The summed E-state index contributed by atoms with van der Waals surface area (Å²) >= 11 is 6.12. The monoisotopic (exact) mass is 293 g/mol. The maximum Gasteiger partial charge on any atom is 0.0409 e. The average Bonchev–Trinajstić information content (AvgIpc) is 2.73. The Bertz CT molecular complexity index is 396. The Morgan fingerprint density at radius 2 is 1.90 bits per heavy atom. The van der Waals surface area contributed by atoms with E-state index >= 15 is 0 Å². The zero-order valence-corrected chi connectivity index (χ0v) is 13.6. The number of nitrogens with one attached hydrogen (secondary N) is 1. The van der Waals surface area contributed by atoms with Crippen LogP contribution in [0.1, 0.15) is 70.4 Å². The van der Waals surface area contributed by atoms with Crippen molar-refractivity contribution in [1.82, 2.24) is 5.32 Å². The normalized spacial score (nSPS) is 20.4. The first kappa shape index (κ1) is 15.9. The van der Waals surface area contributed by atoms with Gasteiger partial charge in [-0.25, -0.2) is 0 Å². The van der Waals surface area contributed by atoms with Crippen molar-refractivity contribution in [3.8, 4) is 0 Å². The van der Waals surface area contributed by atoms with Crippen LogP contribution in [0.4, 0.5) is 0 Å². The van der Waals surface area contributed by atoms with Gasteiger partial charge in [0, 0.05) is 17.1 Å². The Hall–Kier alpha value is -0.530. The summed E-state index contributed by atoms with van der Waals surface area (Å²) in [5.74, 6) is 0.839. The Balaban J connectivity index is 1.98. The van der Waals surface area contributed by atoms with Crippen molar-refractivity contribution in [2.75, 3.05) is 0 Å².